The van der Waals surface area contributed by atoms with E-state index in [2.05, 4.69) is 0 Å². The topological polar surface area (TPSA) is 283 Å². The molecule has 14 heteroatoms. The molecule has 446 valence electrons. The Kier molecular flexibility index (Phi) is 31.2. The summed E-state index contributed by atoms with van der Waals surface area (Å²) in [6, 6.07) is 0. The van der Waals surface area contributed by atoms with E-state index in [1.807, 2.05) is 27.7 Å². The van der Waals surface area contributed by atoms with Gasteiger partial charge in [0, 0.05) is 0 Å². The van der Waals surface area contributed by atoms with Crippen LogP contribution >= 0.6 is 0 Å². The fourth-order valence-electron chi connectivity index (χ4n) is 11.0. The van der Waals surface area contributed by atoms with E-state index in [1.54, 1.807) is 55.4 Å². The molecule has 0 spiro atoms. The average molecular weight is 1070 g/mol. The zero-order valence-corrected chi connectivity index (χ0v) is 49.9. The van der Waals surface area contributed by atoms with Gasteiger partial charge in [-0.3, -0.25) is 0 Å². The summed E-state index contributed by atoms with van der Waals surface area (Å²) < 4.78 is 0. The highest BCUT2D eigenvalue weighted by molar-refractivity contribution is 4.87. The molecule has 0 bridgehead atoms. The summed E-state index contributed by atoms with van der Waals surface area (Å²) >= 11 is 0. The number of aliphatic hydroxyl groups is 14. The van der Waals surface area contributed by atoms with Crippen molar-refractivity contribution in [1.29, 1.82) is 0 Å². The van der Waals surface area contributed by atoms with Crippen molar-refractivity contribution in [2.75, 3.05) is 6.61 Å². The molecule has 0 heterocycles. The molecule has 0 aliphatic carbocycles. The Balaban J connectivity index is 4.48. The molecular weight excluding hydrogens is 945 g/mol. The van der Waals surface area contributed by atoms with E-state index in [0.717, 1.165) is 6.42 Å². The van der Waals surface area contributed by atoms with Gasteiger partial charge in [0.25, 0.3) is 0 Å². The normalized spacial score (nSPS) is 22.3. The fourth-order valence-corrected chi connectivity index (χ4v) is 11.0. The summed E-state index contributed by atoms with van der Waals surface area (Å²) in [6.07, 6.45) is 16.8. The molecule has 0 radical (unpaired) electrons. The van der Waals surface area contributed by atoms with Crippen LogP contribution in [0.5, 0.6) is 0 Å². The predicted molar refractivity (Wildman–Crippen MR) is 299 cm³/mol. The second kappa shape index (κ2) is 31.4. The molecule has 0 aromatic rings. The van der Waals surface area contributed by atoms with Gasteiger partial charge in [-0.15, -0.1) is 0 Å². The third-order valence-corrected chi connectivity index (χ3v) is 16.7. The van der Waals surface area contributed by atoms with Gasteiger partial charge in [-0.05, 0) is 302 Å². The molecule has 0 aromatic heterocycles. The van der Waals surface area contributed by atoms with Crippen molar-refractivity contribution in [2.24, 2.45) is 0 Å². The first-order chi connectivity index (χ1) is 33.3. The van der Waals surface area contributed by atoms with Crippen LogP contribution in [0.2, 0.25) is 0 Å². The largest absolute Gasteiger partial charge is 0.394 e. The summed E-state index contributed by atoms with van der Waals surface area (Å²) in [5.41, 5.74) is -11.5. The van der Waals surface area contributed by atoms with Crippen LogP contribution in [-0.2, 0) is 0 Å². The molecular formula is C60H122O14. The van der Waals surface area contributed by atoms with E-state index < -0.39 is 79.9 Å². The van der Waals surface area contributed by atoms with Gasteiger partial charge in [-0.25, -0.2) is 0 Å². The fraction of sp³-hybridized carbons (Fsp3) is 1.00. The number of hydrogen-bond acceptors (Lipinski definition) is 14. The first kappa shape index (κ1) is 73.4. The van der Waals surface area contributed by atoms with Crippen molar-refractivity contribution in [1.82, 2.24) is 0 Å². The second-order valence-electron chi connectivity index (χ2n) is 28.2. The number of aliphatic hydroxyl groups excluding tert-OH is 2. The minimum Gasteiger partial charge on any atom is -0.394 e. The zero-order chi connectivity index (χ0) is 57.6. The Hall–Kier alpha value is -0.560. The molecule has 14 nitrogen and oxygen atoms in total. The highest BCUT2D eigenvalue weighted by Gasteiger charge is 2.34. The molecule has 0 saturated carbocycles. The lowest BCUT2D eigenvalue weighted by Gasteiger charge is -2.31. The third kappa shape index (κ3) is 38.9. The molecule has 0 saturated heterocycles. The maximum atomic E-state index is 11.2. The smallest absolute Gasteiger partial charge is 0.105 e. The van der Waals surface area contributed by atoms with Crippen LogP contribution < -0.4 is 0 Å². The van der Waals surface area contributed by atoms with E-state index >= 15 is 0 Å². The molecule has 0 amide bonds. The lowest BCUT2D eigenvalue weighted by atomic mass is 9.83. The lowest BCUT2D eigenvalue weighted by molar-refractivity contribution is -0.0908. The lowest BCUT2D eigenvalue weighted by Crippen LogP contribution is -2.42. The molecule has 0 aromatic carbocycles. The second-order valence-corrected chi connectivity index (χ2v) is 28.2. The van der Waals surface area contributed by atoms with Crippen molar-refractivity contribution in [2.45, 2.75) is 375 Å². The van der Waals surface area contributed by atoms with Crippen molar-refractivity contribution in [3.8, 4) is 0 Å². The predicted octanol–water partition coefficient (Wildman–Crippen LogP) is 9.24. The third-order valence-electron chi connectivity index (χ3n) is 16.7. The van der Waals surface area contributed by atoms with E-state index in [1.165, 1.54) is 6.92 Å². The minimum atomic E-state index is -1.43. The van der Waals surface area contributed by atoms with Gasteiger partial charge in [0.2, 0.25) is 0 Å². The quantitative estimate of drug-likeness (QED) is 0.0271. The summed E-state index contributed by atoms with van der Waals surface area (Å²) in [7, 11) is 0. The highest BCUT2D eigenvalue weighted by atomic mass is 16.4. The van der Waals surface area contributed by atoms with Gasteiger partial charge in [0.05, 0.1) is 73.8 Å². The first-order valence-electron chi connectivity index (χ1n) is 29.2. The SMILES string of the molecule is CC(C)(O)CCCC(C)(O)CCCC(C)(O)CCCC(C)(O)CCCC(C)(O)CCCC(C)(O)CCCC(C)(O)CCCC(C)(O)CCCC(C)(O)CCCC(C)(O)CCCC(C)(O)CCCC(C)(O)C(O)CO. The number of hydrogen-bond donors (Lipinski definition) is 14. The van der Waals surface area contributed by atoms with Crippen molar-refractivity contribution in [3.05, 3.63) is 0 Å². The standard InChI is InChI=1S/C60H122O14/c1-49(2,63)25-14-26-50(3,64)27-15-28-51(4,65)29-16-30-52(5,66)31-17-32-53(6,67)33-18-34-54(7,68)35-19-36-55(8,69)37-20-38-56(9,70)39-21-40-57(10,71)41-22-42-58(11,72)43-23-44-59(12,73)45-24-46-60(13,74)48(62)47-61/h48,61-74H,14-47H2,1-13H3. The summed E-state index contributed by atoms with van der Waals surface area (Å²) in [5, 5.41) is 150. The van der Waals surface area contributed by atoms with Crippen LogP contribution in [0.4, 0.5) is 0 Å². The van der Waals surface area contributed by atoms with Gasteiger partial charge in [-0.1, -0.05) is 0 Å². The molecule has 0 aliphatic heterocycles. The highest BCUT2D eigenvalue weighted by Crippen LogP contribution is 2.35. The maximum absolute atomic E-state index is 11.2. The Bertz CT molecular complexity index is 1470. The summed E-state index contributed by atoms with van der Waals surface area (Å²) in [4.78, 5) is 0. The molecule has 0 aliphatic rings. The van der Waals surface area contributed by atoms with Crippen molar-refractivity contribution < 1.29 is 71.5 Å². The van der Waals surface area contributed by atoms with Gasteiger partial charge in [0.15, 0.2) is 0 Å². The van der Waals surface area contributed by atoms with E-state index in [4.69, 9.17) is 5.11 Å². The molecule has 0 fully saturated rings. The molecule has 12 unspecified atom stereocenters. The van der Waals surface area contributed by atoms with Gasteiger partial charge >= 0.3 is 0 Å². The first-order valence-corrected chi connectivity index (χ1v) is 29.2. The van der Waals surface area contributed by atoms with Crippen molar-refractivity contribution in [3.63, 3.8) is 0 Å². The van der Waals surface area contributed by atoms with Crippen LogP contribution in [-0.4, -0.2) is 151 Å². The Morgan fingerprint density at radius 1 is 0.216 bits per heavy atom. The van der Waals surface area contributed by atoms with Gasteiger partial charge in [0.1, 0.15) is 6.10 Å². The Labute approximate surface area is 451 Å². The molecule has 74 heavy (non-hydrogen) atoms. The monoisotopic (exact) mass is 1070 g/mol. The van der Waals surface area contributed by atoms with Crippen molar-refractivity contribution >= 4 is 0 Å². The Morgan fingerprint density at radius 3 is 0.459 bits per heavy atom. The minimum absolute atomic E-state index is 0.241. The average Bonchev–Trinajstić information content (AvgIpc) is 3.18. The van der Waals surface area contributed by atoms with Crippen LogP contribution in [0.15, 0.2) is 0 Å². The van der Waals surface area contributed by atoms with E-state index in [0.29, 0.717) is 199 Å². The zero-order valence-electron chi connectivity index (χ0n) is 49.9. The maximum Gasteiger partial charge on any atom is 0.105 e. The van der Waals surface area contributed by atoms with Gasteiger partial charge in [-0.2, -0.15) is 0 Å². The van der Waals surface area contributed by atoms with Crippen LogP contribution in [0.3, 0.4) is 0 Å². The molecule has 14 N–H and O–H groups in total. The van der Waals surface area contributed by atoms with Crippen LogP contribution in [0, 0.1) is 0 Å². The molecule has 0 rings (SSSR count). The summed E-state index contributed by atoms with van der Waals surface area (Å²) in [6.45, 7) is 22.4. The molecule has 12 atom stereocenters. The van der Waals surface area contributed by atoms with Crippen LogP contribution in [0.1, 0.15) is 302 Å². The van der Waals surface area contributed by atoms with E-state index in [9.17, 15) is 66.4 Å². The Morgan fingerprint density at radius 2 is 0.338 bits per heavy atom. The number of rotatable bonds is 46. The van der Waals surface area contributed by atoms with E-state index in [-0.39, 0.29) is 6.42 Å². The van der Waals surface area contributed by atoms with Gasteiger partial charge < -0.3 is 71.5 Å². The van der Waals surface area contributed by atoms with Crippen LogP contribution in [0.25, 0.3) is 0 Å². The summed E-state index contributed by atoms with van der Waals surface area (Å²) in [5.74, 6) is 0.